The number of ether oxygens (including phenoxy) is 1. The maximum atomic E-state index is 12.1. The van der Waals surface area contributed by atoms with Crippen LogP contribution in [0.4, 0.5) is 16.2 Å². The maximum absolute atomic E-state index is 12.1. The summed E-state index contributed by atoms with van der Waals surface area (Å²) < 4.78 is 5.18. The van der Waals surface area contributed by atoms with E-state index in [-0.39, 0.29) is 32.7 Å². The van der Waals surface area contributed by atoms with Gasteiger partial charge >= 0.3 is 6.09 Å². The van der Waals surface area contributed by atoms with Crippen LogP contribution in [0.15, 0.2) is 48.5 Å². The lowest BCUT2D eigenvalue weighted by Gasteiger charge is -2.22. The Hall–Kier alpha value is -3.39. The van der Waals surface area contributed by atoms with Gasteiger partial charge in [0, 0.05) is 11.4 Å². The van der Waals surface area contributed by atoms with Crippen LogP contribution in [0.2, 0.25) is 0 Å². The number of fused-ring (bicyclic) bond motifs is 2. The van der Waals surface area contributed by atoms with Crippen molar-refractivity contribution >= 4 is 29.3 Å². The van der Waals surface area contributed by atoms with E-state index < -0.39 is 17.7 Å². The van der Waals surface area contributed by atoms with Crippen molar-refractivity contribution in [3.05, 3.63) is 59.7 Å². The second kappa shape index (κ2) is 12.9. The summed E-state index contributed by atoms with van der Waals surface area (Å²) >= 11 is 0. The number of anilines is 2. The average molecular weight is 485 g/mol. The van der Waals surface area contributed by atoms with Crippen molar-refractivity contribution in [1.29, 1.82) is 0 Å². The molecule has 8 nitrogen and oxygen atoms in total. The van der Waals surface area contributed by atoms with Gasteiger partial charge < -0.3 is 26.4 Å². The number of para-hydroxylation sites is 2. The van der Waals surface area contributed by atoms with Gasteiger partial charge in [0.25, 0.3) is 0 Å². The predicted molar refractivity (Wildman–Crippen MR) is 141 cm³/mol. The van der Waals surface area contributed by atoms with Crippen LogP contribution in [0.5, 0.6) is 0 Å². The molecule has 2 heterocycles. The molecule has 2 aliphatic rings. The van der Waals surface area contributed by atoms with Crippen LogP contribution in [0.3, 0.4) is 0 Å². The van der Waals surface area contributed by atoms with E-state index in [0.717, 1.165) is 36.2 Å². The van der Waals surface area contributed by atoms with Crippen LogP contribution in [0.25, 0.3) is 0 Å². The van der Waals surface area contributed by atoms with Gasteiger partial charge in [-0.25, -0.2) is 4.79 Å². The first-order valence-corrected chi connectivity index (χ1v) is 11.1. The zero-order valence-electron chi connectivity index (χ0n) is 19.3. The lowest BCUT2D eigenvalue weighted by Crippen LogP contribution is -2.45. The van der Waals surface area contributed by atoms with Gasteiger partial charge in [0.05, 0.1) is 6.04 Å². The molecule has 3 amide bonds. The van der Waals surface area contributed by atoms with Crippen LogP contribution in [-0.4, -0.2) is 35.6 Å². The Morgan fingerprint density at radius 3 is 1.91 bits per heavy atom. The first-order chi connectivity index (χ1) is 15.6. The molecule has 2 aromatic carbocycles. The Morgan fingerprint density at radius 2 is 1.37 bits per heavy atom. The van der Waals surface area contributed by atoms with Crippen LogP contribution in [0, 0.1) is 0 Å². The highest BCUT2D eigenvalue weighted by Crippen LogP contribution is 2.22. The number of amides is 3. The van der Waals surface area contributed by atoms with Gasteiger partial charge in [0.15, 0.2) is 0 Å². The summed E-state index contributed by atoms with van der Waals surface area (Å²) in [4.78, 5) is 35.2. The van der Waals surface area contributed by atoms with E-state index >= 15 is 0 Å². The molecular weight excluding hydrogens is 444 g/mol. The van der Waals surface area contributed by atoms with Crippen molar-refractivity contribution in [3.8, 4) is 0 Å². The normalized spacial score (nSPS) is 18.6. The number of aryl methyl sites for hydroxylation is 2. The SMILES string of the molecule is C.C.CC(C)(C)OC(=O)NC1CCc2ccccc2NC1=O.NC1CCc2ccccc2NC1=O. The van der Waals surface area contributed by atoms with Gasteiger partial charge in [-0.1, -0.05) is 51.3 Å². The van der Waals surface area contributed by atoms with E-state index in [1.165, 1.54) is 5.56 Å². The first kappa shape index (κ1) is 29.6. The van der Waals surface area contributed by atoms with E-state index in [2.05, 4.69) is 16.0 Å². The van der Waals surface area contributed by atoms with Crippen LogP contribution in [0.1, 0.15) is 59.6 Å². The fourth-order valence-corrected chi connectivity index (χ4v) is 3.63. The molecule has 5 N–H and O–H groups in total. The predicted octanol–water partition coefficient (Wildman–Crippen LogP) is 4.64. The quantitative estimate of drug-likeness (QED) is 0.470. The first-order valence-electron chi connectivity index (χ1n) is 11.1. The van der Waals surface area contributed by atoms with Gasteiger partial charge in [0.2, 0.25) is 11.8 Å². The minimum Gasteiger partial charge on any atom is -0.444 e. The topological polar surface area (TPSA) is 123 Å². The summed E-state index contributed by atoms with van der Waals surface area (Å²) in [5, 5.41) is 8.27. The largest absolute Gasteiger partial charge is 0.444 e. The fourth-order valence-electron chi connectivity index (χ4n) is 3.63. The highest BCUT2D eigenvalue weighted by Gasteiger charge is 2.27. The van der Waals surface area contributed by atoms with Crippen molar-refractivity contribution in [2.45, 2.75) is 79.0 Å². The molecule has 0 fully saturated rings. The van der Waals surface area contributed by atoms with Crippen molar-refractivity contribution in [3.63, 3.8) is 0 Å². The van der Waals surface area contributed by atoms with Crippen LogP contribution in [-0.2, 0) is 27.2 Å². The molecule has 0 radical (unpaired) electrons. The minimum absolute atomic E-state index is 0. The molecule has 2 atom stereocenters. The Morgan fingerprint density at radius 1 is 0.886 bits per heavy atom. The van der Waals surface area contributed by atoms with Crippen LogP contribution >= 0.6 is 0 Å². The number of nitrogens with two attached hydrogens (primary N) is 1. The monoisotopic (exact) mass is 484 g/mol. The van der Waals surface area contributed by atoms with Crippen molar-refractivity contribution in [2.24, 2.45) is 5.73 Å². The van der Waals surface area contributed by atoms with Gasteiger partial charge in [-0.2, -0.15) is 0 Å². The molecule has 2 aromatic rings. The Bertz CT molecular complexity index is 1020. The molecule has 0 spiro atoms. The zero-order chi connectivity index (χ0) is 24.0. The number of hydrogen-bond acceptors (Lipinski definition) is 5. The lowest BCUT2D eigenvalue weighted by atomic mass is 10.1. The zero-order valence-corrected chi connectivity index (χ0v) is 19.3. The summed E-state index contributed by atoms with van der Waals surface area (Å²) in [5.41, 5.74) is 9.03. The van der Waals surface area contributed by atoms with E-state index in [1.807, 2.05) is 48.5 Å². The third-order valence-corrected chi connectivity index (χ3v) is 5.32. The summed E-state index contributed by atoms with van der Waals surface area (Å²) in [7, 11) is 0. The second-order valence-electron chi connectivity index (χ2n) is 9.18. The van der Waals surface area contributed by atoms with E-state index in [9.17, 15) is 14.4 Å². The molecule has 2 unspecified atom stereocenters. The summed E-state index contributed by atoms with van der Waals surface area (Å²) in [6, 6.07) is 14.5. The van der Waals surface area contributed by atoms with E-state index in [0.29, 0.717) is 6.42 Å². The molecule has 192 valence electrons. The molecule has 35 heavy (non-hydrogen) atoms. The fraction of sp³-hybridized carbons (Fsp3) is 0.444. The number of carbonyl (C=O) groups excluding carboxylic acids is 3. The molecule has 0 bridgehead atoms. The molecule has 0 saturated heterocycles. The van der Waals surface area contributed by atoms with Gasteiger partial charge in [-0.05, 0) is 69.7 Å². The number of hydrogen-bond donors (Lipinski definition) is 4. The van der Waals surface area contributed by atoms with E-state index in [4.69, 9.17) is 10.5 Å². The Labute approximate surface area is 209 Å². The second-order valence-corrected chi connectivity index (χ2v) is 9.18. The minimum atomic E-state index is -0.575. The molecular formula is C27H40N4O4. The van der Waals surface area contributed by atoms with Gasteiger partial charge in [0.1, 0.15) is 11.6 Å². The third-order valence-electron chi connectivity index (χ3n) is 5.32. The Kier molecular flexibility index (Phi) is 10.9. The third kappa shape index (κ3) is 8.72. The smallest absolute Gasteiger partial charge is 0.408 e. The Balaban J connectivity index is 0.000000356. The molecule has 0 saturated carbocycles. The number of alkyl carbamates (subject to hydrolysis) is 1. The maximum Gasteiger partial charge on any atom is 0.408 e. The van der Waals surface area contributed by atoms with Crippen molar-refractivity contribution in [1.82, 2.24) is 5.32 Å². The highest BCUT2D eigenvalue weighted by atomic mass is 16.6. The van der Waals surface area contributed by atoms with E-state index in [1.54, 1.807) is 20.8 Å². The molecule has 4 rings (SSSR count). The number of carbonyl (C=O) groups is 3. The van der Waals surface area contributed by atoms with Gasteiger partial charge in [-0.3, -0.25) is 9.59 Å². The molecule has 0 aliphatic carbocycles. The van der Waals surface area contributed by atoms with Crippen molar-refractivity contribution < 1.29 is 19.1 Å². The van der Waals surface area contributed by atoms with Gasteiger partial charge in [-0.15, -0.1) is 0 Å². The number of benzene rings is 2. The van der Waals surface area contributed by atoms with Crippen molar-refractivity contribution in [2.75, 3.05) is 10.6 Å². The number of rotatable bonds is 1. The average Bonchev–Trinajstić information content (AvgIpc) is 2.99. The summed E-state index contributed by atoms with van der Waals surface area (Å²) in [6.07, 6.45) is 2.32. The molecule has 2 aliphatic heterocycles. The summed E-state index contributed by atoms with van der Waals surface area (Å²) in [5.74, 6) is -0.286. The lowest BCUT2D eigenvalue weighted by molar-refractivity contribution is -0.118. The molecule has 8 heteroatoms. The van der Waals surface area contributed by atoms with Crippen LogP contribution < -0.4 is 21.7 Å². The molecule has 0 aromatic heterocycles. The standard InChI is InChI=1S/C15H20N2O3.C10H12N2O.2CH4/c1-15(2,3)20-14(19)17-12-9-8-10-6-4-5-7-11(10)16-13(12)18;11-8-6-5-7-3-1-2-4-9(7)12-10(8)13;;/h4-7,12H,8-9H2,1-3H3,(H,16,18)(H,17,19);1-4,8H,5-6,11H2,(H,12,13);2*1H4. The summed E-state index contributed by atoms with van der Waals surface area (Å²) in [6.45, 7) is 5.36. The highest BCUT2D eigenvalue weighted by molar-refractivity contribution is 5.98. The number of nitrogens with one attached hydrogen (secondary N) is 3.